The van der Waals surface area contributed by atoms with Crippen LogP contribution in [0.3, 0.4) is 0 Å². The zero-order chi connectivity index (χ0) is 32.1. The average Bonchev–Trinajstić information content (AvgIpc) is 3.33. The standard InChI is InChI=1S/C41H57NS/c1-15-35-36(16-2)43-26-42(35)37-33(27-20-29(38(3,4)5)24-30(21-27)39(6,7)8)18-17-19-34(37)28-22-31(40(9,10)11)25-32(23-28)41(12,13)14/h17-25H,15-16,26H2,1-14H3. The Morgan fingerprint density at radius 1 is 0.558 bits per heavy atom. The lowest BCUT2D eigenvalue weighted by Gasteiger charge is -2.31. The number of benzene rings is 3. The fourth-order valence-electron chi connectivity index (χ4n) is 5.95. The molecule has 232 valence electrons. The Morgan fingerprint density at radius 2 is 0.930 bits per heavy atom. The molecule has 0 saturated carbocycles. The van der Waals surface area contributed by atoms with Crippen molar-refractivity contribution in [1.29, 1.82) is 0 Å². The highest BCUT2D eigenvalue weighted by Crippen LogP contribution is 2.49. The van der Waals surface area contributed by atoms with Crippen molar-refractivity contribution in [3.05, 3.63) is 87.5 Å². The first kappa shape index (κ1) is 33.4. The summed E-state index contributed by atoms with van der Waals surface area (Å²) in [5.74, 6) is 0.965. The number of thioether (sulfide) groups is 1. The Kier molecular flexibility index (Phi) is 9.18. The Morgan fingerprint density at radius 3 is 1.23 bits per heavy atom. The number of anilines is 1. The van der Waals surface area contributed by atoms with Crippen LogP contribution < -0.4 is 4.90 Å². The van der Waals surface area contributed by atoms with E-state index in [-0.39, 0.29) is 21.7 Å². The number of hydrogen-bond acceptors (Lipinski definition) is 2. The number of hydrogen-bond donors (Lipinski definition) is 0. The molecule has 0 aromatic heterocycles. The van der Waals surface area contributed by atoms with E-state index < -0.39 is 0 Å². The van der Waals surface area contributed by atoms with E-state index >= 15 is 0 Å². The van der Waals surface area contributed by atoms with Gasteiger partial charge in [0.2, 0.25) is 0 Å². The summed E-state index contributed by atoms with van der Waals surface area (Å²) in [6.45, 7) is 32.7. The molecule has 1 aliphatic heterocycles. The zero-order valence-corrected chi connectivity index (χ0v) is 30.5. The molecule has 3 aromatic carbocycles. The van der Waals surface area contributed by atoms with Gasteiger partial charge in [-0.25, -0.2) is 0 Å². The molecule has 1 aliphatic rings. The smallest absolute Gasteiger partial charge is 0.0729 e. The van der Waals surface area contributed by atoms with Crippen LogP contribution in [0.2, 0.25) is 0 Å². The van der Waals surface area contributed by atoms with Gasteiger partial charge < -0.3 is 4.90 Å². The zero-order valence-electron chi connectivity index (χ0n) is 29.7. The summed E-state index contributed by atoms with van der Waals surface area (Å²) in [6, 6.07) is 21.7. The van der Waals surface area contributed by atoms with E-state index in [1.165, 1.54) is 60.8 Å². The second-order valence-corrected chi connectivity index (χ2v) is 17.6. The van der Waals surface area contributed by atoms with Gasteiger partial charge in [0.15, 0.2) is 0 Å². The van der Waals surface area contributed by atoms with E-state index in [0.717, 1.165) is 18.7 Å². The molecule has 2 heteroatoms. The lowest BCUT2D eigenvalue weighted by atomic mass is 9.77. The highest BCUT2D eigenvalue weighted by molar-refractivity contribution is 8.03. The lowest BCUT2D eigenvalue weighted by molar-refractivity contribution is 0.568. The topological polar surface area (TPSA) is 3.24 Å². The van der Waals surface area contributed by atoms with Crippen LogP contribution in [0.4, 0.5) is 5.69 Å². The van der Waals surface area contributed by atoms with Crippen molar-refractivity contribution in [2.45, 2.75) is 131 Å². The van der Waals surface area contributed by atoms with Crippen molar-refractivity contribution < 1.29 is 0 Å². The minimum atomic E-state index is 0.0593. The number of nitrogens with zero attached hydrogens (tertiary/aromatic N) is 1. The Balaban J connectivity index is 2.13. The quantitative estimate of drug-likeness (QED) is 0.289. The third kappa shape index (κ3) is 7.11. The third-order valence-electron chi connectivity index (χ3n) is 8.93. The van der Waals surface area contributed by atoms with Gasteiger partial charge in [0, 0.05) is 21.7 Å². The molecule has 43 heavy (non-hydrogen) atoms. The van der Waals surface area contributed by atoms with Crippen molar-refractivity contribution in [3.8, 4) is 22.3 Å². The van der Waals surface area contributed by atoms with E-state index in [9.17, 15) is 0 Å². The van der Waals surface area contributed by atoms with Crippen molar-refractivity contribution in [1.82, 2.24) is 0 Å². The summed E-state index contributed by atoms with van der Waals surface area (Å²) in [6.07, 6.45) is 2.12. The summed E-state index contributed by atoms with van der Waals surface area (Å²) < 4.78 is 0. The molecule has 0 fully saturated rings. The molecular formula is C41H57NS. The van der Waals surface area contributed by atoms with E-state index in [4.69, 9.17) is 0 Å². The van der Waals surface area contributed by atoms with Crippen molar-refractivity contribution in [2.24, 2.45) is 0 Å². The Bertz CT molecular complexity index is 1350. The maximum atomic E-state index is 2.65. The monoisotopic (exact) mass is 595 g/mol. The maximum absolute atomic E-state index is 2.65. The van der Waals surface area contributed by atoms with Crippen molar-refractivity contribution in [2.75, 3.05) is 10.8 Å². The van der Waals surface area contributed by atoms with E-state index in [1.54, 1.807) is 0 Å². The molecule has 1 nitrogen and oxygen atoms in total. The van der Waals surface area contributed by atoms with Crippen LogP contribution in [-0.4, -0.2) is 5.88 Å². The summed E-state index contributed by atoms with van der Waals surface area (Å²) in [5.41, 5.74) is 14.0. The minimum absolute atomic E-state index is 0.0593. The van der Waals surface area contributed by atoms with Gasteiger partial charge >= 0.3 is 0 Å². The third-order valence-corrected chi connectivity index (χ3v) is 10.2. The van der Waals surface area contributed by atoms with Crippen molar-refractivity contribution in [3.63, 3.8) is 0 Å². The molecule has 0 atom stereocenters. The van der Waals surface area contributed by atoms with Crippen LogP contribution in [0.5, 0.6) is 0 Å². The molecule has 0 radical (unpaired) electrons. The van der Waals surface area contributed by atoms with Gasteiger partial charge in [0.05, 0.1) is 11.6 Å². The second-order valence-electron chi connectivity index (χ2n) is 16.6. The maximum Gasteiger partial charge on any atom is 0.0729 e. The SMILES string of the molecule is CCC1=C(CC)N(c2c(-c3cc(C(C)(C)C)cc(C(C)(C)C)c3)cccc2-c2cc(C(C)(C)C)cc(C(C)(C)C)c2)CS1. The van der Waals surface area contributed by atoms with E-state index in [1.807, 2.05) is 11.8 Å². The van der Waals surface area contributed by atoms with Crippen LogP contribution in [0, 0.1) is 0 Å². The van der Waals surface area contributed by atoms with Crippen LogP contribution in [0.25, 0.3) is 22.3 Å². The van der Waals surface area contributed by atoms with Gasteiger partial charge in [0.1, 0.15) is 0 Å². The number of para-hydroxylation sites is 1. The fourth-order valence-corrected chi connectivity index (χ4v) is 7.14. The molecule has 0 spiro atoms. The van der Waals surface area contributed by atoms with Crippen molar-refractivity contribution >= 4 is 17.4 Å². The summed E-state index contributed by atoms with van der Waals surface area (Å²) in [4.78, 5) is 4.18. The predicted octanol–water partition coefficient (Wildman–Crippen LogP) is 12.8. The molecule has 0 saturated heterocycles. The predicted molar refractivity (Wildman–Crippen MR) is 195 cm³/mol. The average molecular weight is 596 g/mol. The van der Waals surface area contributed by atoms with Crippen LogP contribution in [-0.2, 0) is 21.7 Å². The minimum Gasteiger partial charge on any atom is -0.333 e. The van der Waals surface area contributed by atoms with E-state index in [2.05, 4.69) is 156 Å². The van der Waals surface area contributed by atoms with Gasteiger partial charge in [0.25, 0.3) is 0 Å². The molecular weight excluding hydrogens is 539 g/mol. The largest absolute Gasteiger partial charge is 0.333 e. The fraction of sp³-hybridized carbons (Fsp3) is 0.512. The summed E-state index contributed by atoms with van der Waals surface area (Å²) in [5, 5.41) is 0. The van der Waals surface area contributed by atoms with Crippen LogP contribution >= 0.6 is 11.8 Å². The molecule has 0 amide bonds. The molecule has 0 aliphatic carbocycles. The van der Waals surface area contributed by atoms with Crippen LogP contribution in [0.15, 0.2) is 65.2 Å². The molecule has 0 bridgehead atoms. The molecule has 0 unspecified atom stereocenters. The van der Waals surface area contributed by atoms with Gasteiger partial charge in [-0.1, -0.05) is 152 Å². The van der Waals surface area contributed by atoms with Gasteiger partial charge in [-0.2, -0.15) is 0 Å². The second kappa shape index (κ2) is 11.8. The highest BCUT2D eigenvalue weighted by Gasteiger charge is 2.30. The number of allylic oxidation sites excluding steroid dienone is 2. The normalized spacial score (nSPS) is 15.1. The van der Waals surface area contributed by atoms with Gasteiger partial charge in [-0.15, -0.1) is 11.8 Å². The molecule has 4 rings (SSSR count). The first-order valence-corrected chi connectivity index (χ1v) is 17.3. The highest BCUT2D eigenvalue weighted by atomic mass is 32.2. The Hall–Kier alpha value is -2.45. The number of rotatable bonds is 5. The van der Waals surface area contributed by atoms with E-state index in [0.29, 0.717) is 0 Å². The Labute approximate surface area is 268 Å². The van der Waals surface area contributed by atoms with Crippen LogP contribution in [0.1, 0.15) is 132 Å². The van der Waals surface area contributed by atoms with Gasteiger partial charge in [-0.3, -0.25) is 0 Å². The summed E-state index contributed by atoms with van der Waals surface area (Å²) in [7, 11) is 0. The molecule has 3 aromatic rings. The molecule has 1 heterocycles. The van der Waals surface area contributed by atoms with Gasteiger partial charge in [-0.05, 0) is 67.9 Å². The lowest BCUT2D eigenvalue weighted by Crippen LogP contribution is -2.21. The molecule has 0 N–H and O–H groups in total. The first-order chi connectivity index (χ1) is 19.8. The summed E-state index contributed by atoms with van der Waals surface area (Å²) >= 11 is 2.02. The first-order valence-electron chi connectivity index (χ1n) is 16.3.